The Morgan fingerprint density at radius 1 is 1.38 bits per heavy atom. The number of nitrogens with one attached hydrogen (secondary N) is 1. The quantitative estimate of drug-likeness (QED) is 0.591. The number of methoxy groups -OCH3 is 1. The van der Waals surface area contributed by atoms with Gasteiger partial charge in [-0.1, -0.05) is 6.07 Å². The van der Waals surface area contributed by atoms with Gasteiger partial charge in [0.1, 0.15) is 11.4 Å². The third-order valence-electron chi connectivity index (χ3n) is 4.31. The molecule has 0 bridgehead atoms. The maximum absolute atomic E-state index is 12.2. The monoisotopic (exact) mass is 434 g/mol. The lowest BCUT2D eigenvalue weighted by Gasteiger charge is -2.11. The summed E-state index contributed by atoms with van der Waals surface area (Å²) >= 11 is 8.66. The first kappa shape index (κ1) is 18.6. The summed E-state index contributed by atoms with van der Waals surface area (Å²) in [6.45, 7) is 4.54. The van der Waals surface area contributed by atoms with E-state index in [4.69, 9.17) is 17.0 Å². The molecule has 0 atom stereocenters. The van der Waals surface area contributed by atoms with Crippen molar-refractivity contribution in [2.45, 2.75) is 20.4 Å². The second kappa shape index (κ2) is 7.20. The highest BCUT2D eigenvalue weighted by molar-refractivity contribution is 9.10. The van der Waals surface area contributed by atoms with Crippen LogP contribution in [0.3, 0.4) is 0 Å². The number of hydrogen-bond donors (Lipinski definition) is 1. The van der Waals surface area contributed by atoms with E-state index in [0.29, 0.717) is 17.4 Å². The van der Waals surface area contributed by atoms with Gasteiger partial charge in [0.05, 0.1) is 29.5 Å². The fourth-order valence-electron chi connectivity index (χ4n) is 2.79. The number of rotatable bonds is 4. The summed E-state index contributed by atoms with van der Waals surface area (Å²) in [5.41, 5.74) is 4.31. The summed E-state index contributed by atoms with van der Waals surface area (Å²) < 4.78 is 8.42. The van der Waals surface area contributed by atoms with Crippen LogP contribution in [-0.2, 0) is 11.3 Å². The van der Waals surface area contributed by atoms with Crippen molar-refractivity contribution in [3.8, 4) is 5.75 Å². The number of carbonyl (C=O) groups excluding carboxylic acids is 1. The Kier molecular flexibility index (Phi) is 5.15. The lowest BCUT2D eigenvalue weighted by Crippen LogP contribution is -2.25. The summed E-state index contributed by atoms with van der Waals surface area (Å²) in [4.78, 5) is 13.6. The van der Waals surface area contributed by atoms with Crippen molar-refractivity contribution in [1.82, 2.24) is 20.0 Å². The van der Waals surface area contributed by atoms with Gasteiger partial charge in [-0.25, -0.2) is 0 Å². The molecule has 1 N–H and O–H groups in total. The van der Waals surface area contributed by atoms with Crippen molar-refractivity contribution in [3.63, 3.8) is 0 Å². The molecule has 1 aromatic carbocycles. The highest BCUT2D eigenvalue weighted by Gasteiger charge is 2.27. The molecule has 0 unspecified atom stereocenters. The zero-order valence-electron chi connectivity index (χ0n) is 15.0. The van der Waals surface area contributed by atoms with Gasteiger partial charge in [-0.05, 0) is 65.8 Å². The molecule has 1 amide bonds. The predicted molar refractivity (Wildman–Crippen MR) is 108 cm³/mol. The zero-order chi connectivity index (χ0) is 19.0. The van der Waals surface area contributed by atoms with E-state index in [1.807, 2.05) is 36.7 Å². The second-order valence-electron chi connectivity index (χ2n) is 6.07. The van der Waals surface area contributed by atoms with Gasteiger partial charge >= 0.3 is 0 Å². The fraction of sp³-hybridized carbons (Fsp3) is 0.278. The average molecular weight is 435 g/mol. The second-order valence-corrected chi connectivity index (χ2v) is 7.25. The molecule has 1 aliphatic rings. The van der Waals surface area contributed by atoms with Crippen LogP contribution in [0.5, 0.6) is 5.75 Å². The maximum atomic E-state index is 12.2. The van der Waals surface area contributed by atoms with E-state index >= 15 is 0 Å². The summed E-state index contributed by atoms with van der Waals surface area (Å²) in [7, 11) is 3.29. The molecule has 0 spiro atoms. The van der Waals surface area contributed by atoms with Crippen molar-refractivity contribution in [1.29, 1.82) is 0 Å². The Morgan fingerprint density at radius 2 is 2.12 bits per heavy atom. The van der Waals surface area contributed by atoms with E-state index in [9.17, 15) is 4.79 Å². The van der Waals surface area contributed by atoms with Gasteiger partial charge < -0.3 is 10.1 Å². The number of carbonyl (C=O) groups is 1. The number of aryl methyl sites for hydroxylation is 1. The molecule has 26 heavy (non-hydrogen) atoms. The first-order valence-corrected chi connectivity index (χ1v) is 9.19. The van der Waals surface area contributed by atoms with Crippen molar-refractivity contribution < 1.29 is 9.53 Å². The lowest BCUT2D eigenvalue weighted by atomic mass is 10.1. The van der Waals surface area contributed by atoms with E-state index in [0.717, 1.165) is 32.7 Å². The summed E-state index contributed by atoms with van der Waals surface area (Å²) in [6, 6.07) is 5.79. The molecule has 1 saturated heterocycles. The van der Waals surface area contributed by atoms with Crippen LogP contribution in [0.15, 0.2) is 28.4 Å². The van der Waals surface area contributed by atoms with E-state index in [1.54, 1.807) is 20.2 Å². The minimum Gasteiger partial charge on any atom is -0.496 e. The number of amides is 1. The van der Waals surface area contributed by atoms with E-state index in [1.165, 1.54) is 4.90 Å². The Morgan fingerprint density at radius 3 is 2.65 bits per heavy atom. The zero-order valence-corrected chi connectivity index (χ0v) is 17.4. The Labute approximate surface area is 165 Å². The number of thiocarbonyl (C=S) groups is 1. The SMILES string of the molecule is COc1ccc(/C=C2/NC(=S)N(C)C2=O)cc1Cn1nc(C)c(Br)c1C. The average Bonchev–Trinajstić information content (AvgIpc) is 3.00. The summed E-state index contributed by atoms with van der Waals surface area (Å²) in [5, 5.41) is 7.89. The Bertz CT molecular complexity index is 936. The standard InChI is InChI=1S/C18H19BrN4O2S/c1-10-16(19)11(2)23(21-10)9-13-7-12(5-6-15(13)25-4)8-14-17(24)22(3)18(26)20-14/h5-8H,9H2,1-4H3,(H,20,26)/b14-8+. The number of aromatic nitrogens is 2. The third kappa shape index (κ3) is 3.39. The molecule has 1 aliphatic heterocycles. The molecule has 1 fully saturated rings. The Balaban J connectivity index is 1.96. The number of hydrogen-bond acceptors (Lipinski definition) is 4. The van der Waals surface area contributed by atoms with Crippen molar-refractivity contribution >= 4 is 45.2 Å². The lowest BCUT2D eigenvalue weighted by molar-refractivity contribution is -0.121. The predicted octanol–water partition coefficient (Wildman–Crippen LogP) is 3.01. The fourth-order valence-corrected chi connectivity index (χ4v) is 3.27. The van der Waals surface area contributed by atoms with Gasteiger partial charge in [0, 0.05) is 12.6 Å². The summed E-state index contributed by atoms with van der Waals surface area (Å²) in [6.07, 6.45) is 1.79. The topological polar surface area (TPSA) is 59.4 Å². The van der Waals surface area contributed by atoms with E-state index in [-0.39, 0.29) is 5.91 Å². The number of halogens is 1. The number of ether oxygens (including phenoxy) is 1. The first-order valence-electron chi connectivity index (χ1n) is 7.99. The van der Waals surface area contributed by atoms with Gasteiger partial charge in [-0.2, -0.15) is 5.10 Å². The summed E-state index contributed by atoms with van der Waals surface area (Å²) in [5.74, 6) is 0.629. The molecule has 0 aliphatic carbocycles. The highest BCUT2D eigenvalue weighted by atomic mass is 79.9. The molecular formula is C18H19BrN4O2S. The normalized spacial score (nSPS) is 15.7. The van der Waals surface area contributed by atoms with Gasteiger partial charge in [0.25, 0.3) is 5.91 Å². The molecule has 6 nitrogen and oxygen atoms in total. The molecule has 8 heteroatoms. The molecule has 1 aromatic heterocycles. The first-order chi connectivity index (χ1) is 12.3. The molecule has 0 radical (unpaired) electrons. The van der Waals surface area contributed by atoms with Crippen molar-refractivity contribution in [2.24, 2.45) is 0 Å². The van der Waals surface area contributed by atoms with Crippen LogP contribution in [0, 0.1) is 13.8 Å². The molecule has 3 rings (SSSR count). The number of likely N-dealkylation sites (N-methyl/N-ethyl adjacent to an activating group) is 1. The van der Waals surface area contributed by atoms with Crippen LogP contribution in [0.2, 0.25) is 0 Å². The molecular weight excluding hydrogens is 416 g/mol. The van der Waals surface area contributed by atoms with Crippen LogP contribution in [0.4, 0.5) is 0 Å². The smallest absolute Gasteiger partial charge is 0.276 e. The van der Waals surface area contributed by atoms with Crippen molar-refractivity contribution in [2.75, 3.05) is 14.2 Å². The van der Waals surface area contributed by atoms with Crippen LogP contribution < -0.4 is 10.1 Å². The number of nitrogens with zero attached hydrogens (tertiary/aromatic N) is 3. The van der Waals surface area contributed by atoms with E-state index in [2.05, 4.69) is 26.3 Å². The molecule has 2 heterocycles. The van der Waals surface area contributed by atoms with Crippen LogP contribution in [-0.4, -0.2) is 39.9 Å². The van der Waals surface area contributed by atoms with Gasteiger partial charge in [-0.15, -0.1) is 0 Å². The highest BCUT2D eigenvalue weighted by Crippen LogP contribution is 2.26. The largest absolute Gasteiger partial charge is 0.496 e. The molecule has 0 saturated carbocycles. The van der Waals surface area contributed by atoms with Gasteiger partial charge in [0.2, 0.25) is 0 Å². The molecule has 2 aromatic rings. The van der Waals surface area contributed by atoms with Gasteiger partial charge in [0.15, 0.2) is 5.11 Å². The number of benzene rings is 1. The molecule has 136 valence electrons. The third-order valence-corrected chi connectivity index (χ3v) is 5.83. The minimum absolute atomic E-state index is 0.144. The van der Waals surface area contributed by atoms with E-state index < -0.39 is 0 Å². The van der Waals surface area contributed by atoms with Crippen LogP contribution >= 0.6 is 28.1 Å². The maximum Gasteiger partial charge on any atom is 0.276 e. The van der Waals surface area contributed by atoms with Crippen molar-refractivity contribution in [3.05, 3.63) is 50.9 Å². The van der Waals surface area contributed by atoms with Crippen LogP contribution in [0.1, 0.15) is 22.5 Å². The Hall–Kier alpha value is -2.19. The minimum atomic E-state index is -0.144. The van der Waals surface area contributed by atoms with Crippen LogP contribution in [0.25, 0.3) is 6.08 Å². The van der Waals surface area contributed by atoms with Gasteiger partial charge in [-0.3, -0.25) is 14.4 Å².